The monoisotopic (exact) mass is 312 g/mol. The summed E-state index contributed by atoms with van der Waals surface area (Å²) in [6, 6.07) is 8.52. The molecule has 0 radical (unpaired) electrons. The number of hydrogen-bond acceptors (Lipinski definition) is 3. The van der Waals surface area contributed by atoms with Gasteiger partial charge >= 0.3 is 0 Å². The summed E-state index contributed by atoms with van der Waals surface area (Å²) in [5.41, 5.74) is 1.11. The molecule has 114 valence electrons. The molecule has 1 aliphatic carbocycles. The maximum absolute atomic E-state index is 12.7. The smallest absolute Gasteiger partial charge is 0.251 e. The molecular weight excluding hydrogens is 292 g/mol. The van der Waals surface area contributed by atoms with E-state index < -0.39 is 0 Å². The molecule has 6 rings (SSSR count). The number of piperidine rings is 3. The lowest BCUT2D eigenvalue weighted by molar-refractivity contribution is -0.00144. The van der Waals surface area contributed by atoms with Crippen molar-refractivity contribution in [2.75, 3.05) is 13.1 Å². The molecule has 2 aromatic rings. The Kier molecular flexibility index (Phi) is 2.71. The van der Waals surface area contributed by atoms with Crippen LogP contribution in [0.5, 0.6) is 0 Å². The van der Waals surface area contributed by atoms with Crippen LogP contribution in [0.4, 0.5) is 0 Å². The third-order valence-corrected chi connectivity index (χ3v) is 6.88. The average molecular weight is 312 g/mol. The predicted molar refractivity (Wildman–Crippen MR) is 89.3 cm³/mol. The highest BCUT2D eigenvalue weighted by Crippen LogP contribution is 2.53. The molecule has 2 bridgehead atoms. The highest BCUT2D eigenvalue weighted by atomic mass is 32.1. The molecule has 1 N–H and O–H groups in total. The van der Waals surface area contributed by atoms with Gasteiger partial charge in [0.1, 0.15) is 0 Å². The molecule has 1 aromatic heterocycles. The molecule has 4 heteroatoms. The van der Waals surface area contributed by atoms with Gasteiger partial charge in [-0.3, -0.25) is 9.69 Å². The standard InChI is InChI=1S/C18H20N2OS/c21-17(14-1-2-15-13(11-14)5-10-22-15)19-16-12-3-8-20(9-4-12)18(16)6-7-18/h1-2,5,10-12,16H,3-4,6-9H2,(H,19,21)/t16-/m0/s1. The van der Waals surface area contributed by atoms with Crippen molar-refractivity contribution in [3.05, 3.63) is 35.2 Å². The fraction of sp³-hybridized carbons (Fsp3) is 0.500. The third kappa shape index (κ3) is 1.80. The topological polar surface area (TPSA) is 32.3 Å². The molecule has 1 atom stereocenters. The van der Waals surface area contributed by atoms with E-state index in [2.05, 4.69) is 27.7 Å². The van der Waals surface area contributed by atoms with Crippen molar-refractivity contribution >= 4 is 27.3 Å². The molecule has 1 spiro atoms. The Balaban J connectivity index is 1.42. The molecule has 1 saturated carbocycles. The summed E-state index contributed by atoms with van der Waals surface area (Å²) >= 11 is 1.72. The lowest BCUT2D eigenvalue weighted by Crippen LogP contribution is -2.65. The fourth-order valence-electron chi connectivity index (χ4n) is 4.65. The van der Waals surface area contributed by atoms with Gasteiger partial charge in [0, 0.05) is 15.8 Å². The Hall–Kier alpha value is -1.39. The summed E-state index contributed by atoms with van der Waals surface area (Å²) in [5.74, 6) is 0.791. The molecule has 0 unspecified atom stereocenters. The summed E-state index contributed by atoms with van der Waals surface area (Å²) in [7, 11) is 0. The molecule has 3 saturated heterocycles. The Morgan fingerprint density at radius 1 is 1.23 bits per heavy atom. The Morgan fingerprint density at radius 2 is 2.05 bits per heavy atom. The second kappa shape index (κ2) is 4.56. The maximum Gasteiger partial charge on any atom is 0.251 e. The molecule has 22 heavy (non-hydrogen) atoms. The molecule has 1 aromatic carbocycles. The lowest BCUT2D eigenvalue weighted by Gasteiger charge is -2.52. The van der Waals surface area contributed by atoms with Gasteiger partial charge in [0.15, 0.2) is 0 Å². The Morgan fingerprint density at radius 3 is 2.82 bits per heavy atom. The van der Waals surface area contributed by atoms with Gasteiger partial charge in [-0.05, 0) is 79.7 Å². The van der Waals surface area contributed by atoms with E-state index in [1.807, 2.05) is 12.1 Å². The third-order valence-electron chi connectivity index (χ3n) is 5.98. The number of thiophene rings is 1. The lowest BCUT2D eigenvalue weighted by atomic mass is 9.77. The van der Waals surface area contributed by atoms with Gasteiger partial charge < -0.3 is 5.32 Å². The first-order chi connectivity index (χ1) is 10.8. The fourth-order valence-corrected chi connectivity index (χ4v) is 5.42. The molecule has 3 nitrogen and oxygen atoms in total. The number of fused-ring (bicyclic) bond motifs is 3. The molecular formula is C18H20N2OS. The van der Waals surface area contributed by atoms with E-state index in [1.165, 1.54) is 48.9 Å². The Bertz CT molecular complexity index is 740. The zero-order valence-corrected chi connectivity index (χ0v) is 13.4. The normalized spacial score (nSPS) is 31.5. The van der Waals surface area contributed by atoms with Crippen LogP contribution in [0.15, 0.2) is 29.6 Å². The second-order valence-electron chi connectivity index (χ2n) is 7.05. The van der Waals surface area contributed by atoms with Crippen LogP contribution in [0.3, 0.4) is 0 Å². The molecule has 4 aliphatic rings. The van der Waals surface area contributed by atoms with E-state index in [0.29, 0.717) is 17.5 Å². The van der Waals surface area contributed by atoms with Gasteiger partial charge in [0.2, 0.25) is 0 Å². The first-order valence-corrected chi connectivity index (χ1v) is 9.17. The first-order valence-electron chi connectivity index (χ1n) is 8.29. The van der Waals surface area contributed by atoms with Gasteiger partial charge in [-0.25, -0.2) is 0 Å². The van der Waals surface area contributed by atoms with E-state index in [9.17, 15) is 4.79 Å². The zero-order chi connectivity index (χ0) is 14.7. The number of nitrogens with zero attached hydrogens (tertiary/aromatic N) is 1. The Labute approximate surface area is 134 Å². The number of rotatable bonds is 2. The van der Waals surface area contributed by atoms with Crippen LogP contribution in [0.2, 0.25) is 0 Å². The van der Waals surface area contributed by atoms with Crippen molar-refractivity contribution in [1.82, 2.24) is 10.2 Å². The van der Waals surface area contributed by atoms with E-state index in [1.54, 1.807) is 11.3 Å². The molecule has 1 amide bonds. The van der Waals surface area contributed by atoms with Gasteiger partial charge in [0.05, 0.1) is 6.04 Å². The van der Waals surface area contributed by atoms with Crippen molar-refractivity contribution in [2.45, 2.75) is 37.3 Å². The van der Waals surface area contributed by atoms with E-state index in [-0.39, 0.29) is 5.91 Å². The zero-order valence-electron chi connectivity index (χ0n) is 12.5. The van der Waals surface area contributed by atoms with Crippen LogP contribution in [0.1, 0.15) is 36.0 Å². The van der Waals surface area contributed by atoms with E-state index in [4.69, 9.17) is 0 Å². The van der Waals surface area contributed by atoms with Crippen molar-refractivity contribution in [3.63, 3.8) is 0 Å². The van der Waals surface area contributed by atoms with Gasteiger partial charge in [0.25, 0.3) is 5.91 Å². The van der Waals surface area contributed by atoms with Gasteiger partial charge in [-0.15, -0.1) is 11.3 Å². The summed E-state index contributed by atoms with van der Waals surface area (Å²) < 4.78 is 1.25. The van der Waals surface area contributed by atoms with Crippen LogP contribution in [0, 0.1) is 5.92 Å². The van der Waals surface area contributed by atoms with Crippen LogP contribution >= 0.6 is 11.3 Å². The SMILES string of the molecule is O=C(N[C@H]1C2CCN(CC2)C12CC2)c1ccc2sccc2c1. The summed E-state index contributed by atoms with van der Waals surface area (Å²) in [4.78, 5) is 15.4. The molecule has 4 heterocycles. The second-order valence-corrected chi connectivity index (χ2v) is 8.00. The largest absolute Gasteiger partial charge is 0.347 e. The highest BCUT2D eigenvalue weighted by Gasteiger charge is 2.60. The van der Waals surface area contributed by atoms with E-state index >= 15 is 0 Å². The van der Waals surface area contributed by atoms with Crippen LogP contribution in [-0.4, -0.2) is 35.5 Å². The van der Waals surface area contributed by atoms with Crippen molar-refractivity contribution < 1.29 is 4.79 Å². The highest BCUT2D eigenvalue weighted by molar-refractivity contribution is 7.17. The predicted octanol–water partition coefficient (Wildman–Crippen LogP) is 3.26. The summed E-state index contributed by atoms with van der Waals surface area (Å²) in [6.07, 6.45) is 5.02. The van der Waals surface area contributed by atoms with Gasteiger partial charge in [-0.1, -0.05) is 0 Å². The number of benzene rings is 1. The number of carbonyl (C=O) groups excluding carboxylic acids is 1. The van der Waals surface area contributed by atoms with Crippen molar-refractivity contribution in [3.8, 4) is 0 Å². The number of carbonyl (C=O) groups is 1. The quantitative estimate of drug-likeness (QED) is 0.923. The summed E-state index contributed by atoms with van der Waals surface area (Å²) in [5, 5.41) is 6.66. The van der Waals surface area contributed by atoms with E-state index in [0.717, 1.165) is 5.56 Å². The maximum atomic E-state index is 12.7. The first kappa shape index (κ1) is 13.1. The van der Waals surface area contributed by atoms with Crippen LogP contribution in [-0.2, 0) is 0 Å². The van der Waals surface area contributed by atoms with Gasteiger partial charge in [-0.2, -0.15) is 0 Å². The number of hydrogen-bond donors (Lipinski definition) is 1. The average Bonchev–Trinajstić information content (AvgIpc) is 3.18. The molecule has 4 fully saturated rings. The minimum absolute atomic E-state index is 0.109. The van der Waals surface area contributed by atoms with Crippen molar-refractivity contribution in [1.29, 1.82) is 0 Å². The molecule has 3 aliphatic heterocycles. The minimum atomic E-state index is 0.109. The summed E-state index contributed by atoms with van der Waals surface area (Å²) in [6.45, 7) is 2.47. The minimum Gasteiger partial charge on any atom is -0.347 e. The van der Waals surface area contributed by atoms with Crippen LogP contribution in [0.25, 0.3) is 10.1 Å². The van der Waals surface area contributed by atoms with Crippen LogP contribution < -0.4 is 5.32 Å². The number of nitrogens with one attached hydrogen (secondary N) is 1. The number of amides is 1. The van der Waals surface area contributed by atoms with Crippen molar-refractivity contribution in [2.24, 2.45) is 5.92 Å².